The third kappa shape index (κ3) is 3.54. The average Bonchev–Trinajstić information content (AvgIpc) is 2.47. The van der Waals surface area contributed by atoms with Gasteiger partial charge in [0.05, 0.1) is 6.61 Å². The monoisotopic (exact) mass is 275 g/mol. The smallest absolute Gasteiger partial charge is 0.124 e. The Kier molecular flexibility index (Phi) is 5.47. The third-order valence-corrected chi connectivity index (χ3v) is 4.85. The lowest BCUT2D eigenvalue weighted by molar-refractivity contribution is 0.201. The fourth-order valence-electron chi connectivity index (χ4n) is 3.47. The summed E-state index contributed by atoms with van der Waals surface area (Å²) >= 11 is 0. The molecule has 1 aromatic rings. The summed E-state index contributed by atoms with van der Waals surface area (Å²) in [5, 5.41) is 0. The van der Waals surface area contributed by atoms with Gasteiger partial charge in [-0.15, -0.1) is 0 Å². The van der Waals surface area contributed by atoms with E-state index >= 15 is 0 Å². The number of hydrogen-bond donors (Lipinski definition) is 1. The second kappa shape index (κ2) is 7.12. The topological polar surface area (TPSA) is 35.2 Å². The summed E-state index contributed by atoms with van der Waals surface area (Å²) in [4.78, 5) is 0. The van der Waals surface area contributed by atoms with Crippen LogP contribution >= 0.6 is 0 Å². The molecule has 0 amide bonds. The van der Waals surface area contributed by atoms with Crippen LogP contribution in [0.4, 0.5) is 0 Å². The molecule has 0 bridgehead atoms. The Morgan fingerprint density at radius 1 is 1.10 bits per heavy atom. The number of para-hydroxylation sites is 1. The Labute approximate surface area is 123 Å². The standard InChI is InChI=1S/C18H29NO/c1-4-20-17-8-6-5-7-16(17)18(19)15-11-9-14(10-12-15)13(2)3/h5-8,13-15,18H,4,9-12,19H2,1-3H3. The first kappa shape index (κ1) is 15.4. The maximum Gasteiger partial charge on any atom is 0.124 e. The van der Waals surface area contributed by atoms with Gasteiger partial charge in [0.15, 0.2) is 0 Å². The summed E-state index contributed by atoms with van der Waals surface area (Å²) in [6.45, 7) is 7.41. The lowest BCUT2D eigenvalue weighted by atomic mass is 9.73. The molecule has 0 radical (unpaired) electrons. The SMILES string of the molecule is CCOc1ccccc1C(N)C1CCC(C(C)C)CC1. The van der Waals surface area contributed by atoms with Crippen molar-refractivity contribution in [1.82, 2.24) is 0 Å². The minimum Gasteiger partial charge on any atom is -0.494 e. The van der Waals surface area contributed by atoms with E-state index in [1.807, 2.05) is 19.1 Å². The van der Waals surface area contributed by atoms with Crippen LogP contribution in [-0.4, -0.2) is 6.61 Å². The van der Waals surface area contributed by atoms with Crippen molar-refractivity contribution in [2.45, 2.75) is 52.5 Å². The zero-order chi connectivity index (χ0) is 14.5. The van der Waals surface area contributed by atoms with E-state index < -0.39 is 0 Å². The van der Waals surface area contributed by atoms with Crippen LogP contribution in [-0.2, 0) is 0 Å². The third-order valence-electron chi connectivity index (χ3n) is 4.85. The highest BCUT2D eigenvalue weighted by Gasteiger charge is 2.28. The quantitative estimate of drug-likeness (QED) is 0.855. The van der Waals surface area contributed by atoms with Crippen LogP contribution in [0.3, 0.4) is 0 Å². The molecule has 0 saturated heterocycles. The van der Waals surface area contributed by atoms with Gasteiger partial charge in [0.25, 0.3) is 0 Å². The molecule has 2 N–H and O–H groups in total. The first-order valence-electron chi connectivity index (χ1n) is 8.10. The molecule has 20 heavy (non-hydrogen) atoms. The predicted octanol–water partition coefficient (Wildman–Crippen LogP) is 4.55. The van der Waals surface area contributed by atoms with Crippen molar-refractivity contribution in [2.75, 3.05) is 6.61 Å². The van der Waals surface area contributed by atoms with Gasteiger partial charge in [-0.25, -0.2) is 0 Å². The molecule has 0 aromatic heterocycles. The molecule has 1 aliphatic rings. The summed E-state index contributed by atoms with van der Waals surface area (Å²) < 4.78 is 5.73. The van der Waals surface area contributed by atoms with Crippen molar-refractivity contribution in [3.05, 3.63) is 29.8 Å². The lowest BCUT2D eigenvalue weighted by Crippen LogP contribution is -2.27. The van der Waals surface area contributed by atoms with Gasteiger partial charge in [0, 0.05) is 11.6 Å². The molecule has 0 spiro atoms. The second-order valence-corrected chi connectivity index (χ2v) is 6.42. The van der Waals surface area contributed by atoms with Gasteiger partial charge in [-0.2, -0.15) is 0 Å². The molecule has 112 valence electrons. The summed E-state index contributed by atoms with van der Waals surface area (Å²) in [5.74, 6) is 3.27. The van der Waals surface area contributed by atoms with E-state index in [4.69, 9.17) is 10.5 Å². The van der Waals surface area contributed by atoms with Gasteiger partial charge in [0.1, 0.15) is 5.75 Å². The fraction of sp³-hybridized carbons (Fsp3) is 0.667. The van der Waals surface area contributed by atoms with Crippen molar-refractivity contribution in [3.63, 3.8) is 0 Å². The predicted molar refractivity (Wildman–Crippen MR) is 84.8 cm³/mol. The number of nitrogens with two attached hydrogens (primary N) is 1. The minimum atomic E-state index is 0.117. The first-order valence-corrected chi connectivity index (χ1v) is 8.10. The van der Waals surface area contributed by atoms with E-state index in [1.54, 1.807) is 0 Å². The summed E-state index contributed by atoms with van der Waals surface area (Å²) in [6.07, 6.45) is 5.16. The fourth-order valence-corrected chi connectivity index (χ4v) is 3.47. The zero-order valence-corrected chi connectivity index (χ0v) is 13.1. The Morgan fingerprint density at radius 3 is 2.30 bits per heavy atom. The number of benzene rings is 1. The summed E-state index contributed by atoms with van der Waals surface area (Å²) in [6, 6.07) is 8.38. The molecule has 1 unspecified atom stereocenters. The Bertz CT molecular complexity index is 408. The highest BCUT2D eigenvalue weighted by Crippen LogP contribution is 2.40. The van der Waals surface area contributed by atoms with E-state index in [1.165, 1.54) is 31.2 Å². The largest absolute Gasteiger partial charge is 0.494 e. The maximum absolute atomic E-state index is 6.54. The van der Waals surface area contributed by atoms with Gasteiger partial charge >= 0.3 is 0 Å². The lowest BCUT2D eigenvalue weighted by Gasteiger charge is -2.34. The van der Waals surface area contributed by atoms with Crippen molar-refractivity contribution < 1.29 is 4.74 Å². The van der Waals surface area contributed by atoms with E-state index in [0.29, 0.717) is 12.5 Å². The molecule has 0 heterocycles. The molecule has 2 heteroatoms. The Hall–Kier alpha value is -1.02. The van der Waals surface area contributed by atoms with Crippen molar-refractivity contribution >= 4 is 0 Å². The van der Waals surface area contributed by atoms with E-state index in [-0.39, 0.29) is 6.04 Å². The van der Waals surface area contributed by atoms with E-state index in [0.717, 1.165) is 17.6 Å². The van der Waals surface area contributed by atoms with Crippen LogP contribution in [0.1, 0.15) is 58.1 Å². The number of hydrogen-bond acceptors (Lipinski definition) is 2. The molecule has 1 fully saturated rings. The van der Waals surface area contributed by atoms with Crippen LogP contribution in [0.25, 0.3) is 0 Å². The highest BCUT2D eigenvalue weighted by molar-refractivity contribution is 5.36. The van der Waals surface area contributed by atoms with Crippen molar-refractivity contribution in [3.8, 4) is 5.75 Å². The highest BCUT2D eigenvalue weighted by atomic mass is 16.5. The molecular formula is C18H29NO. The second-order valence-electron chi connectivity index (χ2n) is 6.42. The molecular weight excluding hydrogens is 246 g/mol. The van der Waals surface area contributed by atoms with Crippen LogP contribution in [0.5, 0.6) is 5.75 Å². The molecule has 2 rings (SSSR count). The summed E-state index contributed by atoms with van der Waals surface area (Å²) in [5.41, 5.74) is 7.73. The van der Waals surface area contributed by atoms with Gasteiger partial charge in [-0.1, -0.05) is 32.0 Å². The van der Waals surface area contributed by atoms with Crippen LogP contribution in [0.2, 0.25) is 0 Å². The zero-order valence-electron chi connectivity index (χ0n) is 13.1. The van der Waals surface area contributed by atoms with Crippen molar-refractivity contribution in [1.29, 1.82) is 0 Å². The Balaban J connectivity index is 2.03. The van der Waals surface area contributed by atoms with Crippen LogP contribution < -0.4 is 10.5 Å². The van der Waals surface area contributed by atoms with Crippen LogP contribution in [0, 0.1) is 17.8 Å². The van der Waals surface area contributed by atoms with Gasteiger partial charge in [-0.05, 0) is 56.4 Å². The molecule has 1 aliphatic carbocycles. The number of rotatable bonds is 5. The van der Waals surface area contributed by atoms with E-state index in [9.17, 15) is 0 Å². The molecule has 1 aromatic carbocycles. The first-order chi connectivity index (χ1) is 9.63. The molecule has 2 nitrogen and oxygen atoms in total. The van der Waals surface area contributed by atoms with Gasteiger partial charge < -0.3 is 10.5 Å². The normalized spacial score (nSPS) is 24.6. The van der Waals surface area contributed by atoms with Crippen molar-refractivity contribution in [2.24, 2.45) is 23.5 Å². The molecule has 1 saturated carbocycles. The number of ether oxygens (including phenoxy) is 1. The molecule has 0 aliphatic heterocycles. The molecule has 1 atom stereocenters. The Morgan fingerprint density at radius 2 is 1.70 bits per heavy atom. The van der Waals surface area contributed by atoms with Gasteiger partial charge in [-0.3, -0.25) is 0 Å². The summed E-state index contributed by atoms with van der Waals surface area (Å²) in [7, 11) is 0. The maximum atomic E-state index is 6.54. The average molecular weight is 275 g/mol. The van der Waals surface area contributed by atoms with Gasteiger partial charge in [0.2, 0.25) is 0 Å². The minimum absolute atomic E-state index is 0.117. The van der Waals surface area contributed by atoms with Crippen LogP contribution in [0.15, 0.2) is 24.3 Å². The van der Waals surface area contributed by atoms with E-state index in [2.05, 4.69) is 26.0 Å².